The minimum atomic E-state index is -3.41. The van der Waals surface area contributed by atoms with Crippen LogP contribution in [0.2, 0.25) is 5.15 Å². The second-order valence-electron chi connectivity index (χ2n) is 6.50. The highest BCUT2D eigenvalue weighted by Crippen LogP contribution is 2.39. The third-order valence-corrected chi connectivity index (χ3v) is 7.65. The van der Waals surface area contributed by atoms with Crippen molar-refractivity contribution in [2.75, 3.05) is 18.0 Å². The smallest absolute Gasteiger partial charge is 0.250 e. The molecule has 9 heteroatoms. The molecule has 0 spiro atoms. The fraction of sp³-hybridized carbons (Fsp3) is 0.500. The highest BCUT2D eigenvalue weighted by molar-refractivity contribution is 7.91. The molecule has 1 aliphatic carbocycles. The Morgan fingerprint density at radius 3 is 2.60 bits per heavy atom. The van der Waals surface area contributed by atoms with Crippen molar-refractivity contribution >= 4 is 38.8 Å². The Labute approximate surface area is 156 Å². The van der Waals surface area contributed by atoms with E-state index < -0.39 is 10.0 Å². The third-order valence-electron chi connectivity index (χ3n) is 4.54. The molecule has 3 heterocycles. The Morgan fingerprint density at radius 2 is 1.96 bits per heavy atom. The molecule has 1 saturated heterocycles. The van der Waals surface area contributed by atoms with Crippen LogP contribution in [0.25, 0.3) is 0 Å². The SMILES string of the molecule is O=S(=O)(NC1CCN(c2cc(Cl)nc(C3CC3)n2)CC1)c1cccs1. The number of thiophene rings is 1. The summed E-state index contributed by atoms with van der Waals surface area (Å²) in [6.45, 7) is 1.49. The lowest BCUT2D eigenvalue weighted by Gasteiger charge is -2.33. The second-order valence-corrected chi connectivity index (χ2v) is 9.77. The Balaban J connectivity index is 1.40. The number of halogens is 1. The minimum Gasteiger partial charge on any atom is -0.356 e. The van der Waals surface area contributed by atoms with Crippen LogP contribution in [0.1, 0.15) is 37.4 Å². The number of nitrogens with one attached hydrogen (secondary N) is 1. The van der Waals surface area contributed by atoms with Gasteiger partial charge in [-0.3, -0.25) is 0 Å². The molecule has 2 aliphatic rings. The van der Waals surface area contributed by atoms with Gasteiger partial charge in [-0.05, 0) is 37.1 Å². The van der Waals surface area contributed by atoms with Crippen LogP contribution in [-0.4, -0.2) is 37.5 Å². The summed E-state index contributed by atoms with van der Waals surface area (Å²) in [5.74, 6) is 2.14. The van der Waals surface area contributed by atoms with Crippen LogP contribution >= 0.6 is 22.9 Å². The molecule has 1 N–H and O–H groups in total. The number of hydrogen-bond donors (Lipinski definition) is 1. The zero-order valence-corrected chi connectivity index (χ0v) is 15.9. The van der Waals surface area contributed by atoms with Gasteiger partial charge in [-0.15, -0.1) is 11.3 Å². The standard InChI is InChI=1S/C16H19ClN4O2S2/c17-13-10-14(19-16(18-13)11-3-4-11)21-7-5-12(6-8-21)20-25(22,23)15-2-1-9-24-15/h1-2,9-12,20H,3-8H2. The van der Waals surface area contributed by atoms with Crippen LogP contribution in [0.4, 0.5) is 5.82 Å². The lowest BCUT2D eigenvalue weighted by Crippen LogP contribution is -2.44. The van der Waals surface area contributed by atoms with E-state index in [0.717, 1.165) is 50.4 Å². The van der Waals surface area contributed by atoms with Crippen LogP contribution < -0.4 is 9.62 Å². The number of aromatic nitrogens is 2. The minimum absolute atomic E-state index is 0.0523. The van der Waals surface area contributed by atoms with Crippen LogP contribution in [0.5, 0.6) is 0 Å². The predicted molar refractivity (Wildman–Crippen MR) is 98.9 cm³/mol. The topological polar surface area (TPSA) is 75.2 Å². The maximum absolute atomic E-state index is 12.3. The Bertz CT molecular complexity index is 845. The van der Waals surface area contributed by atoms with Gasteiger partial charge in [-0.1, -0.05) is 17.7 Å². The van der Waals surface area contributed by atoms with E-state index in [-0.39, 0.29) is 6.04 Å². The first-order chi connectivity index (χ1) is 12.0. The summed E-state index contributed by atoms with van der Waals surface area (Å²) in [5.41, 5.74) is 0. The lowest BCUT2D eigenvalue weighted by molar-refractivity contribution is 0.458. The van der Waals surface area contributed by atoms with Gasteiger partial charge in [0.25, 0.3) is 0 Å². The quantitative estimate of drug-likeness (QED) is 0.783. The molecule has 2 aromatic rings. The van der Waals surface area contributed by atoms with Crippen LogP contribution in [0.3, 0.4) is 0 Å². The first kappa shape index (κ1) is 17.2. The Hall–Kier alpha value is -1.22. The third kappa shape index (κ3) is 3.97. The molecule has 4 rings (SSSR count). The zero-order chi connectivity index (χ0) is 17.4. The molecular formula is C16H19ClN4O2S2. The molecule has 2 aromatic heterocycles. The normalized spacial score (nSPS) is 19.3. The zero-order valence-electron chi connectivity index (χ0n) is 13.6. The van der Waals surface area contributed by atoms with Crippen molar-refractivity contribution < 1.29 is 8.42 Å². The molecule has 134 valence electrons. The van der Waals surface area contributed by atoms with Crippen molar-refractivity contribution in [1.29, 1.82) is 0 Å². The molecule has 1 saturated carbocycles. The van der Waals surface area contributed by atoms with Crippen molar-refractivity contribution in [3.8, 4) is 0 Å². The Kier molecular flexibility index (Phi) is 4.70. The van der Waals surface area contributed by atoms with Gasteiger partial charge in [-0.2, -0.15) is 0 Å². The molecule has 25 heavy (non-hydrogen) atoms. The molecule has 2 fully saturated rings. The highest BCUT2D eigenvalue weighted by Gasteiger charge is 2.29. The summed E-state index contributed by atoms with van der Waals surface area (Å²) < 4.78 is 27.8. The van der Waals surface area contributed by atoms with Gasteiger partial charge in [0.2, 0.25) is 10.0 Å². The molecule has 0 radical (unpaired) electrons. The van der Waals surface area contributed by atoms with E-state index in [1.54, 1.807) is 23.6 Å². The maximum atomic E-state index is 12.3. The predicted octanol–water partition coefficient (Wildman–Crippen LogP) is 3.02. The van der Waals surface area contributed by atoms with E-state index in [9.17, 15) is 8.42 Å². The van der Waals surface area contributed by atoms with E-state index in [1.807, 2.05) is 0 Å². The first-order valence-corrected chi connectivity index (χ1v) is 11.1. The van der Waals surface area contributed by atoms with Crippen molar-refractivity contribution in [3.63, 3.8) is 0 Å². The number of nitrogens with zero attached hydrogens (tertiary/aromatic N) is 3. The highest BCUT2D eigenvalue weighted by atomic mass is 35.5. The summed E-state index contributed by atoms with van der Waals surface area (Å²) in [4.78, 5) is 11.1. The summed E-state index contributed by atoms with van der Waals surface area (Å²) in [5, 5.41) is 2.25. The van der Waals surface area contributed by atoms with Gasteiger partial charge >= 0.3 is 0 Å². The van der Waals surface area contributed by atoms with E-state index in [1.165, 1.54) is 11.3 Å². The maximum Gasteiger partial charge on any atom is 0.250 e. The van der Waals surface area contributed by atoms with Gasteiger partial charge < -0.3 is 4.90 Å². The van der Waals surface area contributed by atoms with Gasteiger partial charge in [0.1, 0.15) is 21.0 Å². The summed E-state index contributed by atoms with van der Waals surface area (Å²) in [7, 11) is -3.41. The number of piperidine rings is 1. The molecule has 0 bridgehead atoms. The fourth-order valence-corrected chi connectivity index (χ4v) is 5.53. The van der Waals surface area contributed by atoms with E-state index >= 15 is 0 Å². The van der Waals surface area contributed by atoms with Crippen LogP contribution in [-0.2, 0) is 10.0 Å². The van der Waals surface area contributed by atoms with Crippen molar-refractivity contribution in [3.05, 3.63) is 34.6 Å². The van der Waals surface area contributed by atoms with E-state index in [4.69, 9.17) is 11.6 Å². The molecule has 0 amide bonds. The van der Waals surface area contributed by atoms with Crippen molar-refractivity contribution in [2.45, 2.75) is 41.9 Å². The number of rotatable bonds is 5. The summed E-state index contributed by atoms with van der Waals surface area (Å²) in [6.07, 6.45) is 3.74. The summed E-state index contributed by atoms with van der Waals surface area (Å²) >= 11 is 7.38. The number of sulfonamides is 1. The van der Waals surface area contributed by atoms with Crippen LogP contribution in [0.15, 0.2) is 27.8 Å². The molecule has 6 nitrogen and oxygen atoms in total. The molecular weight excluding hydrogens is 380 g/mol. The number of anilines is 1. The molecule has 0 aromatic carbocycles. The van der Waals surface area contributed by atoms with Gasteiger partial charge in [0.15, 0.2) is 0 Å². The molecule has 1 aliphatic heterocycles. The Morgan fingerprint density at radius 1 is 1.20 bits per heavy atom. The van der Waals surface area contributed by atoms with Crippen molar-refractivity contribution in [1.82, 2.24) is 14.7 Å². The van der Waals surface area contributed by atoms with Gasteiger partial charge in [-0.25, -0.2) is 23.1 Å². The van der Waals surface area contributed by atoms with E-state index in [2.05, 4.69) is 19.6 Å². The van der Waals surface area contributed by atoms with Gasteiger partial charge in [0.05, 0.1) is 0 Å². The van der Waals surface area contributed by atoms with Gasteiger partial charge in [0, 0.05) is 31.1 Å². The number of hydrogen-bond acceptors (Lipinski definition) is 6. The fourth-order valence-electron chi connectivity index (χ4n) is 3.03. The average Bonchev–Trinajstić information content (AvgIpc) is 3.28. The first-order valence-electron chi connectivity index (χ1n) is 8.36. The summed E-state index contributed by atoms with van der Waals surface area (Å²) in [6, 6.07) is 5.12. The van der Waals surface area contributed by atoms with Crippen molar-refractivity contribution in [2.24, 2.45) is 0 Å². The van der Waals surface area contributed by atoms with E-state index in [0.29, 0.717) is 15.3 Å². The largest absolute Gasteiger partial charge is 0.356 e. The second kappa shape index (κ2) is 6.83. The average molecular weight is 399 g/mol. The lowest BCUT2D eigenvalue weighted by atomic mass is 10.1. The molecule has 0 unspecified atom stereocenters. The molecule has 0 atom stereocenters. The monoisotopic (exact) mass is 398 g/mol. The van der Waals surface area contributed by atoms with Crippen LogP contribution in [0, 0.1) is 0 Å².